The maximum absolute atomic E-state index is 12.4. The van der Waals surface area contributed by atoms with E-state index in [1.807, 2.05) is 25.2 Å². The van der Waals surface area contributed by atoms with Gasteiger partial charge in [0.05, 0.1) is 24.2 Å². The van der Waals surface area contributed by atoms with Crippen LogP contribution >= 0.6 is 11.6 Å². The first-order valence-corrected chi connectivity index (χ1v) is 9.80. The van der Waals surface area contributed by atoms with Crippen molar-refractivity contribution in [1.82, 2.24) is 14.5 Å². The number of halogens is 1. The van der Waals surface area contributed by atoms with Crippen molar-refractivity contribution in [3.8, 4) is 0 Å². The van der Waals surface area contributed by atoms with Crippen LogP contribution in [0, 0.1) is 0 Å². The lowest BCUT2D eigenvalue weighted by atomic mass is 10.2. The Bertz CT molecular complexity index is 978. The van der Waals surface area contributed by atoms with Crippen LogP contribution in [-0.4, -0.2) is 53.2 Å². The van der Waals surface area contributed by atoms with Crippen LogP contribution < -0.4 is 5.32 Å². The second-order valence-electron chi connectivity index (χ2n) is 6.96. The first kappa shape index (κ1) is 18.9. The molecule has 1 N–H and O–H groups in total. The van der Waals surface area contributed by atoms with Gasteiger partial charge in [0.15, 0.2) is 0 Å². The third kappa shape index (κ3) is 4.19. The van der Waals surface area contributed by atoms with E-state index in [1.165, 1.54) is 0 Å². The monoisotopic (exact) mass is 398 g/mol. The molecule has 28 heavy (non-hydrogen) atoms. The molecule has 0 saturated carbocycles. The number of rotatable bonds is 5. The van der Waals surface area contributed by atoms with Crippen molar-refractivity contribution < 1.29 is 9.53 Å². The zero-order valence-corrected chi connectivity index (χ0v) is 16.6. The van der Waals surface area contributed by atoms with Crippen LogP contribution in [0.25, 0.3) is 11.0 Å². The molecule has 0 unspecified atom stereocenters. The molecule has 1 aliphatic heterocycles. The molecular formula is C21H23ClN4O2. The zero-order chi connectivity index (χ0) is 19.5. The molecule has 0 spiro atoms. The van der Waals surface area contributed by atoms with E-state index in [0.29, 0.717) is 10.6 Å². The molecule has 0 aliphatic carbocycles. The van der Waals surface area contributed by atoms with E-state index in [4.69, 9.17) is 21.3 Å². The minimum atomic E-state index is -0.167. The Hall–Kier alpha value is -2.41. The topological polar surface area (TPSA) is 59.4 Å². The van der Waals surface area contributed by atoms with Gasteiger partial charge in [-0.1, -0.05) is 11.6 Å². The number of nitrogens with zero attached hydrogens (tertiary/aromatic N) is 3. The Morgan fingerprint density at radius 3 is 2.68 bits per heavy atom. The van der Waals surface area contributed by atoms with Gasteiger partial charge in [-0.05, 0) is 42.5 Å². The van der Waals surface area contributed by atoms with Crippen LogP contribution in [0.2, 0.25) is 5.02 Å². The number of aromatic nitrogens is 2. The van der Waals surface area contributed by atoms with E-state index in [2.05, 4.69) is 14.8 Å². The molecule has 2 aromatic carbocycles. The number of nitrogens with one attached hydrogen (secondary N) is 1. The molecule has 1 saturated heterocycles. The Morgan fingerprint density at radius 1 is 1.18 bits per heavy atom. The number of imidazole rings is 1. The van der Waals surface area contributed by atoms with Crippen molar-refractivity contribution in [2.24, 2.45) is 7.05 Å². The van der Waals surface area contributed by atoms with Crippen LogP contribution in [0.15, 0.2) is 42.5 Å². The Balaban J connectivity index is 1.47. The third-order valence-corrected chi connectivity index (χ3v) is 5.35. The second-order valence-corrected chi connectivity index (χ2v) is 7.39. The number of hydrogen-bond donors (Lipinski definition) is 1. The quantitative estimate of drug-likeness (QED) is 0.716. The average Bonchev–Trinajstić information content (AvgIpc) is 3.03. The van der Waals surface area contributed by atoms with Crippen LogP contribution in [0.1, 0.15) is 16.2 Å². The van der Waals surface area contributed by atoms with E-state index in [-0.39, 0.29) is 5.91 Å². The van der Waals surface area contributed by atoms with Crippen LogP contribution in [0.3, 0.4) is 0 Å². The van der Waals surface area contributed by atoms with Gasteiger partial charge >= 0.3 is 0 Å². The minimum Gasteiger partial charge on any atom is -0.379 e. The maximum Gasteiger partial charge on any atom is 0.255 e. The highest BCUT2D eigenvalue weighted by atomic mass is 35.5. The third-order valence-electron chi connectivity index (χ3n) is 5.09. The van der Waals surface area contributed by atoms with E-state index >= 15 is 0 Å². The Kier molecular flexibility index (Phi) is 5.62. The van der Waals surface area contributed by atoms with E-state index in [9.17, 15) is 4.79 Å². The van der Waals surface area contributed by atoms with Crippen molar-refractivity contribution in [3.63, 3.8) is 0 Å². The molecule has 2 heterocycles. The Morgan fingerprint density at radius 2 is 1.93 bits per heavy atom. The predicted octanol–water partition coefficient (Wildman–Crippen LogP) is 3.35. The van der Waals surface area contributed by atoms with Gasteiger partial charge in [-0.3, -0.25) is 9.69 Å². The molecule has 7 heteroatoms. The molecule has 0 radical (unpaired) electrons. The molecule has 0 bridgehead atoms. The van der Waals surface area contributed by atoms with E-state index in [0.717, 1.165) is 61.8 Å². The zero-order valence-electron chi connectivity index (χ0n) is 15.8. The molecule has 1 fully saturated rings. The lowest BCUT2D eigenvalue weighted by Gasteiger charge is -2.26. The lowest BCUT2D eigenvalue weighted by Crippen LogP contribution is -2.37. The van der Waals surface area contributed by atoms with Crippen LogP contribution in [0.4, 0.5) is 5.69 Å². The van der Waals surface area contributed by atoms with Crippen molar-refractivity contribution in [2.45, 2.75) is 6.42 Å². The first-order valence-electron chi connectivity index (χ1n) is 9.42. The fourth-order valence-corrected chi connectivity index (χ4v) is 3.56. The highest BCUT2D eigenvalue weighted by Gasteiger charge is 2.14. The number of aryl methyl sites for hydroxylation is 1. The van der Waals surface area contributed by atoms with Crippen molar-refractivity contribution >= 4 is 34.2 Å². The summed E-state index contributed by atoms with van der Waals surface area (Å²) >= 11 is 5.88. The van der Waals surface area contributed by atoms with Gasteiger partial charge < -0.3 is 14.6 Å². The van der Waals surface area contributed by atoms with Gasteiger partial charge in [0.25, 0.3) is 5.91 Å². The molecule has 3 aromatic rings. The number of anilines is 1. The summed E-state index contributed by atoms with van der Waals surface area (Å²) in [5.41, 5.74) is 3.23. The summed E-state index contributed by atoms with van der Waals surface area (Å²) in [4.78, 5) is 19.6. The molecule has 146 valence electrons. The largest absolute Gasteiger partial charge is 0.379 e. The summed E-state index contributed by atoms with van der Waals surface area (Å²) in [6, 6.07) is 12.7. The lowest BCUT2D eigenvalue weighted by molar-refractivity contribution is 0.0382. The van der Waals surface area contributed by atoms with Gasteiger partial charge in [0, 0.05) is 49.4 Å². The summed E-state index contributed by atoms with van der Waals surface area (Å²) < 4.78 is 7.53. The van der Waals surface area contributed by atoms with Gasteiger partial charge in [-0.2, -0.15) is 0 Å². The number of carbonyl (C=O) groups excluding carboxylic acids is 1. The standard InChI is InChI=1S/C21H23ClN4O2/c1-25-19-7-6-17(23-21(27)15-2-4-16(22)5-3-15)14-18(19)24-20(25)8-9-26-10-12-28-13-11-26/h2-7,14H,8-13H2,1H3,(H,23,27). The molecule has 1 aliphatic rings. The number of carbonyl (C=O) groups is 1. The van der Waals surface area contributed by atoms with Crippen molar-refractivity contribution in [2.75, 3.05) is 38.2 Å². The van der Waals surface area contributed by atoms with Gasteiger partial charge in [0.2, 0.25) is 0 Å². The molecule has 1 aromatic heterocycles. The average molecular weight is 399 g/mol. The molecule has 1 amide bonds. The maximum atomic E-state index is 12.4. The predicted molar refractivity (Wildman–Crippen MR) is 111 cm³/mol. The minimum absolute atomic E-state index is 0.167. The molecule has 0 atom stereocenters. The number of benzene rings is 2. The normalized spacial score (nSPS) is 15.1. The van der Waals surface area contributed by atoms with E-state index in [1.54, 1.807) is 24.3 Å². The highest BCUT2D eigenvalue weighted by Crippen LogP contribution is 2.21. The van der Waals surface area contributed by atoms with Gasteiger partial charge in [-0.15, -0.1) is 0 Å². The highest BCUT2D eigenvalue weighted by molar-refractivity contribution is 6.30. The summed E-state index contributed by atoms with van der Waals surface area (Å²) in [6.07, 6.45) is 0.887. The Labute approximate surface area is 169 Å². The van der Waals surface area contributed by atoms with Gasteiger partial charge in [-0.25, -0.2) is 4.98 Å². The number of hydrogen-bond acceptors (Lipinski definition) is 4. The van der Waals surface area contributed by atoms with Crippen LogP contribution in [0.5, 0.6) is 0 Å². The summed E-state index contributed by atoms with van der Waals surface area (Å²) in [7, 11) is 2.04. The van der Waals surface area contributed by atoms with Crippen LogP contribution in [-0.2, 0) is 18.2 Å². The van der Waals surface area contributed by atoms with Crippen molar-refractivity contribution in [1.29, 1.82) is 0 Å². The second kappa shape index (κ2) is 8.31. The summed E-state index contributed by atoms with van der Waals surface area (Å²) in [6.45, 7) is 4.54. The smallest absolute Gasteiger partial charge is 0.255 e. The molecular weight excluding hydrogens is 376 g/mol. The number of fused-ring (bicyclic) bond motifs is 1. The molecule has 4 rings (SSSR count). The van der Waals surface area contributed by atoms with Gasteiger partial charge in [0.1, 0.15) is 5.82 Å². The number of morpholine rings is 1. The van der Waals surface area contributed by atoms with Crippen molar-refractivity contribution in [3.05, 3.63) is 58.9 Å². The fraction of sp³-hybridized carbons (Fsp3) is 0.333. The van der Waals surface area contributed by atoms with E-state index < -0.39 is 0 Å². The molecule has 6 nitrogen and oxygen atoms in total. The number of ether oxygens (including phenoxy) is 1. The first-order chi connectivity index (χ1) is 13.6. The number of amides is 1. The summed E-state index contributed by atoms with van der Waals surface area (Å²) in [5, 5.41) is 3.54. The summed E-state index contributed by atoms with van der Waals surface area (Å²) in [5.74, 6) is 0.877. The fourth-order valence-electron chi connectivity index (χ4n) is 3.44. The SMILES string of the molecule is Cn1c(CCN2CCOCC2)nc2cc(NC(=O)c3ccc(Cl)cc3)ccc21.